The lowest BCUT2D eigenvalue weighted by Gasteiger charge is -2.24. The standard InChI is InChI=1S/C35H36ClNO3S.C8H11N/c1-34(2,40)30-9-4-3-7-25(30)13-17-32(41-23-35(18-19-35)22-33(38)39)27-8-5-6-24(20-27)10-15-29-16-12-26-11-14-28(36)21-31(26)37-29;1-7(9)8-5-3-2-4-6-8/h3-12,14-16,20-21,32,40H,13,17-19,22-23H2,1-2H3,(H,38,39);2-7H,9H2,1H3/t32-;/m1./s1. The number of aliphatic carboxylic acids is 1. The molecule has 1 saturated carbocycles. The molecule has 4 aromatic carbocycles. The number of carbonyl (C=O) groups is 1. The molecule has 0 amide bonds. The smallest absolute Gasteiger partial charge is 0.303 e. The van der Waals surface area contributed by atoms with Crippen molar-refractivity contribution in [2.24, 2.45) is 11.1 Å². The van der Waals surface area contributed by atoms with Crippen LogP contribution in [0.15, 0.2) is 109 Å². The molecule has 5 nitrogen and oxygen atoms in total. The van der Waals surface area contributed by atoms with Crippen LogP contribution >= 0.6 is 23.4 Å². The lowest BCUT2D eigenvalue weighted by atomic mass is 9.90. The number of carboxylic acids is 1. The Morgan fingerprint density at radius 3 is 2.32 bits per heavy atom. The number of hydrogen-bond acceptors (Lipinski definition) is 5. The zero-order valence-corrected chi connectivity index (χ0v) is 30.6. The second kappa shape index (κ2) is 16.8. The van der Waals surface area contributed by atoms with Crippen LogP contribution in [0.1, 0.15) is 91.3 Å². The van der Waals surface area contributed by atoms with Crippen molar-refractivity contribution in [1.82, 2.24) is 4.98 Å². The van der Waals surface area contributed by atoms with Gasteiger partial charge in [-0.15, -0.1) is 0 Å². The molecule has 1 aliphatic rings. The Labute approximate surface area is 305 Å². The largest absolute Gasteiger partial charge is 0.481 e. The van der Waals surface area contributed by atoms with Gasteiger partial charge in [-0.2, -0.15) is 11.8 Å². The van der Waals surface area contributed by atoms with E-state index in [1.54, 1.807) is 0 Å². The third-order valence-electron chi connectivity index (χ3n) is 9.16. The predicted octanol–water partition coefficient (Wildman–Crippen LogP) is 10.7. The lowest BCUT2D eigenvalue weighted by molar-refractivity contribution is -0.138. The summed E-state index contributed by atoms with van der Waals surface area (Å²) in [4.78, 5) is 16.2. The molecule has 2 atom stereocenters. The van der Waals surface area contributed by atoms with Gasteiger partial charge in [-0.25, -0.2) is 4.98 Å². The minimum atomic E-state index is -0.911. The molecule has 4 N–H and O–H groups in total. The van der Waals surface area contributed by atoms with Crippen molar-refractivity contribution in [3.05, 3.63) is 148 Å². The fourth-order valence-corrected chi connectivity index (χ4v) is 7.85. The molecule has 6 rings (SSSR count). The number of aryl methyl sites for hydroxylation is 1. The van der Waals surface area contributed by atoms with E-state index in [2.05, 4.69) is 42.5 Å². The second-order valence-electron chi connectivity index (χ2n) is 13.9. The number of carboxylic acid groups (broad SMARTS) is 1. The van der Waals surface area contributed by atoms with Gasteiger partial charge >= 0.3 is 5.97 Å². The second-order valence-corrected chi connectivity index (χ2v) is 15.5. The number of hydrogen-bond donors (Lipinski definition) is 3. The van der Waals surface area contributed by atoms with Crippen LogP contribution in [0.25, 0.3) is 23.1 Å². The van der Waals surface area contributed by atoms with Gasteiger partial charge in [0.1, 0.15) is 0 Å². The molecule has 1 heterocycles. The summed E-state index contributed by atoms with van der Waals surface area (Å²) >= 11 is 8.04. The summed E-state index contributed by atoms with van der Waals surface area (Å²) in [5.74, 6) is 0.122. The summed E-state index contributed by atoms with van der Waals surface area (Å²) < 4.78 is 0. The van der Waals surface area contributed by atoms with Crippen LogP contribution in [0.3, 0.4) is 0 Å². The van der Waals surface area contributed by atoms with Gasteiger partial charge in [0.15, 0.2) is 0 Å². The van der Waals surface area contributed by atoms with Crippen LogP contribution in [-0.2, 0) is 16.8 Å². The highest BCUT2D eigenvalue weighted by Crippen LogP contribution is 2.53. The van der Waals surface area contributed by atoms with Gasteiger partial charge in [0, 0.05) is 27.5 Å². The van der Waals surface area contributed by atoms with E-state index in [0.29, 0.717) is 5.02 Å². The van der Waals surface area contributed by atoms with Crippen molar-refractivity contribution in [1.29, 1.82) is 0 Å². The molecule has 50 heavy (non-hydrogen) atoms. The number of fused-ring (bicyclic) bond motifs is 1. The Morgan fingerprint density at radius 2 is 1.64 bits per heavy atom. The fourth-order valence-electron chi connectivity index (χ4n) is 6.12. The number of rotatable bonds is 13. The van der Waals surface area contributed by atoms with Crippen LogP contribution in [0.4, 0.5) is 0 Å². The predicted molar refractivity (Wildman–Crippen MR) is 210 cm³/mol. The van der Waals surface area contributed by atoms with E-state index in [1.165, 1.54) is 11.1 Å². The first-order chi connectivity index (χ1) is 23.9. The fraction of sp³-hybridized carbons (Fsp3) is 0.302. The molecule has 1 aromatic heterocycles. The minimum absolute atomic E-state index is 0.0814. The van der Waals surface area contributed by atoms with Gasteiger partial charge in [-0.1, -0.05) is 109 Å². The van der Waals surface area contributed by atoms with Gasteiger partial charge in [-0.05, 0) is 104 Å². The van der Waals surface area contributed by atoms with E-state index in [4.69, 9.17) is 22.3 Å². The van der Waals surface area contributed by atoms with Crippen LogP contribution in [0.5, 0.6) is 0 Å². The average Bonchev–Trinajstić information content (AvgIpc) is 3.86. The molecule has 1 aliphatic carbocycles. The summed E-state index contributed by atoms with van der Waals surface area (Å²) in [5, 5.41) is 22.1. The molecule has 260 valence electrons. The highest BCUT2D eigenvalue weighted by molar-refractivity contribution is 7.99. The van der Waals surface area contributed by atoms with E-state index in [9.17, 15) is 15.0 Å². The van der Waals surface area contributed by atoms with Gasteiger partial charge < -0.3 is 15.9 Å². The summed E-state index contributed by atoms with van der Waals surface area (Å²) in [6, 6.07) is 36.7. The highest BCUT2D eigenvalue weighted by atomic mass is 35.5. The van der Waals surface area contributed by atoms with Crippen molar-refractivity contribution in [2.45, 2.75) is 69.8 Å². The first-order valence-electron chi connectivity index (χ1n) is 17.2. The van der Waals surface area contributed by atoms with E-state index in [0.717, 1.165) is 64.7 Å². The van der Waals surface area contributed by atoms with Gasteiger partial charge in [0.2, 0.25) is 0 Å². The number of pyridine rings is 1. The van der Waals surface area contributed by atoms with Crippen molar-refractivity contribution >= 4 is 52.4 Å². The maximum absolute atomic E-state index is 11.5. The van der Waals surface area contributed by atoms with E-state index >= 15 is 0 Å². The summed E-state index contributed by atoms with van der Waals surface area (Å²) in [7, 11) is 0. The third-order valence-corrected chi connectivity index (χ3v) is 11.1. The van der Waals surface area contributed by atoms with Crippen molar-refractivity contribution in [2.75, 3.05) is 5.75 Å². The van der Waals surface area contributed by atoms with Crippen LogP contribution in [0, 0.1) is 5.41 Å². The zero-order valence-electron chi connectivity index (χ0n) is 29.1. The van der Waals surface area contributed by atoms with Crippen molar-refractivity contribution < 1.29 is 15.0 Å². The number of halogens is 1. The number of nitrogens with zero attached hydrogens (tertiary/aromatic N) is 1. The molecule has 1 fully saturated rings. The summed E-state index contributed by atoms with van der Waals surface area (Å²) in [5.41, 5.74) is 12.0. The Kier molecular flexibility index (Phi) is 12.6. The quantitative estimate of drug-likeness (QED) is 0.113. The van der Waals surface area contributed by atoms with Gasteiger partial charge in [0.05, 0.1) is 23.2 Å². The monoisotopic (exact) mass is 706 g/mol. The first-order valence-corrected chi connectivity index (χ1v) is 18.6. The maximum Gasteiger partial charge on any atom is 0.303 e. The molecular weight excluding hydrogens is 660 g/mol. The molecule has 0 radical (unpaired) electrons. The van der Waals surface area contributed by atoms with Crippen molar-refractivity contribution in [3.8, 4) is 0 Å². The first kappa shape index (κ1) is 37.3. The highest BCUT2D eigenvalue weighted by Gasteiger charge is 2.44. The number of aliphatic hydroxyl groups is 1. The maximum atomic E-state index is 11.5. The number of benzene rings is 4. The Bertz CT molecular complexity index is 1920. The summed E-state index contributed by atoms with van der Waals surface area (Å²) in [6.07, 6.45) is 8.02. The number of aromatic nitrogens is 1. The molecule has 0 aliphatic heterocycles. The Balaban J connectivity index is 0.000000470. The van der Waals surface area contributed by atoms with E-state index in [-0.39, 0.29) is 23.1 Å². The van der Waals surface area contributed by atoms with Crippen LogP contribution in [0.2, 0.25) is 5.02 Å². The van der Waals surface area contributed by atoms with Gasteiger partial charge in [0.25, 0.3) is 0 Å². The molecular formula is C43H47ClN2O3S. The number of thioether (sulfide) groups is 1. The van der Waals surface area contributed by atoms with Crippen LogP contribution < -0.4 is 5.73 Å². The van der Waals surface area contributed by atoms with E-state index < -0.39 is 11.6 Å². The van der Waals surface area contributed by atoms with Gasteiger partial charge in [-0.3, -0.25) is 4.79 Å². The molecule has 0 saturated heterocycles. The molecule has 5 aromatic rings. The summed E-state index contributed by atoms with van der Waals surface area (Å²) in [6.45, 7) is 5.64. The average molecular weight is 707 g/mol. The van der Waals surface area contributed by atoms with E-state index in [1.807, 2.05) is 111 Å². The molecule has 0 spiro atoms. The number of nitrogens with two attached hydrogens (primary N) is 1. The topological polar surface area (TPSA) is 96.4 Å². The molecule has 1 unspecified atom stereocenters. The SMILES string of the molecule is CC(C)(O)c1ccccc1CC[C@@H](SCC1(CC(=O)O)CC1)c1cccc(C=Cc2ccc3ccc(Cl)cc3n2)c1.CC(N)c1ccccc1. The molecule has 0 bridgehead atoms. The minimum Gasteiger partial charge on any atom is -0.481 e. The third kappa shape index (κ3) is 10.8. The Hall–Kier alpha value is -3.94. The normalized spacial score (nSPS) is 14.9. The zero-order chi connectivity index (χ0) is 35.7. The van der Waals surface area contributed by atoms with Crippen LogP contribution in [-0.4, -0.2) is 26.9 Å². The van der Waals surface area contributed by atoms with Crippen molar-refractivity contribution in [3.63, 3.8) is 0 Å². The lowest BCUT2D eigenvalue weighted by Crippen LogP contribution is -2.18. The Morgan fingerprint density at radius 1 is 0.940 bits per heavy atom. The molecule has 7 heteroatoms.